The second kappa shape index (κ2) is 6.78. The van der Waals surface area contributed by atoms with Crippen LogP contribution >= 0.6 is 0 Å². The number of benzene rings is 1. The largest absolute Gasteiger partial charge is 0.313 e. The van der Waals surface area contributed by atoms with Crippen LogP contribution in [-0.2, 0) is 6.54 Å². The first kappa shape index (κ1) is 15.0. The molecule has 0 spiro atoms. The molecule has 0 aliphatic rings. The number of hydrogen-bond donors (Lipinski definition) is 2. The summed E-state index contributed by atoms with van der Waals surface area (Å²) < 4.78 is 13.6. The van der Waals surface area contributed by atoms with Crippen LogP contribution in [-0.4, -0.2) is 23.8 Å². The topological polar surface area (TPSA) is 63.3 Å². The van der Waals surface area contributed by atoms with Crippen LogP contribution in [0.15, 0.2) is 29.4 Å². The van der Waals surface area contributed by atoms with Gasteiger partial charge < -0.3 is 5.41 Å². The van der Waals surface area contributed by atoms with Crippen molar-refractivity contribution in [3.8, 4) is 0 Å². The van der Waals surface area contributed by atoms with Gasteiger partial charge in [0.05, 0.1) is 6.54 Å². The predicted molar refractivity (Wildman–Crippen MR) is 76.3 cm³/mol. The van der Waals surface area contributed by atoms with E-state index in [0.29, 0.717) is 5.56 Å². The first-order valence-corrected chi connectivity index (χ1v) is 6.07. The van der Waals surface area contributed by atoms with Gasteiger partial charge in [-0.2, -0.15) is 5.10 Å². The molecule has 0 fully saturated rings. The van der Waals surface area contributed by atoms with Crippen LogP contribution in [0.4, 0.5) is 4.39 Å². The lowest BCUT2D eigenvalue weighted by molar-refractivity contribution is 0.392. The lowest BCUT2D eigenvalue weighted by atomic mass is 9.95. The van der Waals surface area contributed by atoms with Gasteiger partial charge in [0.1, 0.15) is 11.7 Å². The van der Waals surface area contributed by atoms with Crippen LogP contribution in [0.5, 0.6) is 0 Å². The summed E-state index contributed by atoms with van der Waals surface area (Å²) in [4.78, 5) is 0. The van der Waals surface area contributed by atoms with Crippen molar-refractivity contribution in [3.05, 3.63) is 35.6 Å². The molecule has 0 bridgehead atoms. The zero-order chi connectivity index (χ0) is 14.4. The molecular weight excluding hydrogens is 243 g/mol. The molecule has 4 nitrogen and oxygen atoms in total. The first-order chi connectivity index (χ1) is 9.01. The van der Waals surface area contributed by atoms with Gasteiger partial charge in [-0.1, -0.05) is 32.0 Å². The first-order valence-electron chi connectivity index (χ1n) is 6.07. The Bertz CT molecular complexity index is 472. The Labute approximate surface area is 113 Å². The Hall–Kier alpha value is -2.04. The van der Waals surface area contributed by atoms with Crippen molar-refractivity contribution in [2.75, 3.05) is 0 Å². The van der Waals surface area contributed by atoms with E-state index in [2.05, 4.69) is 11.8 Å². The van der Waals surface area contributed by atoms with Crippen molar-refractivity contribution in [1.29, 1.82) is 10.8 Å². The molecule has 1 aromatic rings. The minimum absolute atomic E-state index is 0.0719. The molecule has 5 heteroatoms. The van der Waals surface area contributed by atoms with Crippen molar-refractivity contribution in [2.24, 2.45) is 16.9 Å². The minimum atomic E-state index is -0.322. The van der Waals surface area contributed by atoms with Crippen molar-refractivity contribution in [2.45, 2.75) is 20.4 Å². The van der Waals surface area contributed by atoms with E-state index >= 15 is 0 Å². The fourth-order valence-electron chi connectivity index (χ4n) is 1.63. The van der Waals surface area contributed by atoms with E-state index in [9.17, 15) is 4.39 Å². The fraction of sp³-hybridized carbons (Fsp3) is 0.357. The number of amidine groups is 1. The molecule has 1 unspecified atom stereocenters. The SMILES string of the molecule is C=NN(Cc1ccccc1F)C(=N)C(C)[C@H](C)C=N. The molecular formula is C14H19FN4. The standard InChI is InChI=1S/C14H19FN4/c1-10(8-16)11(2)14(17)19(18-3)9-12-6-4-5-7-13(12)15/h4-8,10-11,16-17H,3,9H2,1-2H3/t10-,11?/m1/s1. The molecule has 19 heavy (non-hydrogen) atoms. The van der Waals surface area contributed by atoms with Crippen LogP contribution < -0.4 is 0 Å². The van der Waals surface area contributed by atoms with Gasteiger partial charge >= 0.3 is 0 Å². The highest BCUT2D eigenvalue weighted by Gasteiger charge is 2.21. The highest BCUT2D eigenvalue weighted by molar-refractivity contribution is 5.84. The van der Waals surface area contributed by atoms with Gasteiger partial charge in [0.2, 0.25) is 0 Å². The Kier molecular flexibility index (Phi) is 5.36. The molecule has 0 aliphatic carbocycles. The van der Waals surface area contributed by atoms with Gasteiger partial charge in [0, 0.05) is 24.1 Å². The number of nitrogens with one attached hydrogen (secondary N) is 2. The Morgan fingerprint density at radius 2 is 2.11 bits per heavy atom. The van der Waals surface area contributed by atoms with Gasteiger partial charge in [-0.25, -0.2) is 9.40 Å². The molecule has 1 rings (SSSR count). The molecule has 0 radical (unpaired) electrons. The number of nitrogens with zero attached hydrogens (tertiary/aromatic N) is 2. The molecule has 0 aromatic heterocycles. The third kappa shape index (κ3) is 3.71. The smallest absolute Gasteiger partial charge is 0.128 e. The maximum Gasteiger partial charge on any atom is 0.128 e. The lowest BCUT2D eigenvalue weighted by Crippen LogP contribution is -2.33. The van der Waals surface area contributed by atoms with Gasteiger partial charge in [0.15, 0.2) is 0 Å². The maximum absolute atomic E-state index is 13.6. The van der Waals surface area contributed by atoms with E-state index in [4.69, 9.17) is 10.8 Å². The van der Waals surface area contributed by atoms with E-state index in [0.717, 1.165) is 0 Å². The van der Waals surface area contributed by atoms with Crippen LogP contribution in [0.2, 0.25) is 0 Å². The number of rotatable bonds is 6. The summed E-state index contributed by atoms with van der Waals surface area (Å²) in [5, 5.41) is 20.5. The van der Waals surface area contributed by atoms with Gasteiger partial charge in [-0.3, -0.25) is 5.41 Å². The molecule has 1 aromatic carbocycles. The van der Waals surface area contributed by atoms with Gasteiger partial charge in [-0.05, 0) is 12.3 Å². The van der Waals surface area contributed by atoms with E-state index in [-0.39, 0.29) is 30.0 Å². The Morgan fingerprint density at radius 3 is 2.63 bits per heavy atom. The van der Waals surface area contributed by atoms with Crippen molar-refractivity contribution < 1.29 is 4.39 Å². The third-order valence-electron chi connectivity index (χ3n) is 3.21. The molecule has 0 amide bonds. The summed E-state index contributed by atoms with van der Waals surface area (Å²) >= 11 is 0. The Balaban J connectivity index is 2.84. The monoisotopic (exact) mass is 262 g/mol. The number of halogens is 1. The van der Waals surface area contributed by atoms with Crippen LogP contribution in [0.25, 0.3) is 0 Å². The summed E-state index contributed by atoms with van der Waals surface area (Å²) in [6.45, 7) is 7.30. The minimum Gasteiger partial charge on any atom is -0.313 e. The summed E-state index contributed by atoms with van der Waals surface area (Å²) in [6, 6.07) is 6.40. The normalized spacial score (nSPS) is 13.4. The average Bonchev–Trinajstić information content (AvgIpc) is 2.44. The maximum atomic E-state index is 13.6. The van der Waals surface area contributed by atoms with Crippen LogP contribution in [0.1, 0.15) is 19.4 Å². The van der Waals surface area contributed by atoms with Crippen LogP contribution in [0.3, 0.4) is 0 Å². The quantitative estimate of drug-likeness (QED) is 0.462. The van der Waals surface area contributed by atoms with Gasteiger partial charge in [-0.15, -0.1) is 0 Å². The van der Waals surface area contributed by atoms with Gasteiger partial charge in [0.25, 0.3) is 0 Å². The van der Waals surface area contributed by atoms with Crippen molar-refractivity contribution in [1.82, 2.24) is 5.01 Å². The highest BCUT2D eigenvalue weighted by Crippen LogP contribution is 2.16. The zero-order valence-corrected chi connectivity index (χ0v) is 11.2. The molecule has 0 saturated carbocycles. The predicted octanol–water partition coefficient (Wildman–Crippen LogP) is 3.14. The molecule has 2 N–H and O–H groups in total. The molecule has 0 heterocycles. The molecule has 2 atom stereocenters. The second-order valence-electron chi connectivity index (χ2n) is 4.49. The Morgan fingerprint density at radius 1 is 1.47 bits per heavy atom. The summed E-state index contributed by atoms with van der Waals surface area (Å²) in [5.41, 5.74) is 0.467. The van der Waals surface area contributed by atoms with Crippen molar-refractivity contribution in [3.63, 3.8) is 0 Å². The summed E-state index contributed by atoms with van der Waals surface area (Å²) in [5.74, 6) is -0.335. The highest BCUT2D eigenvalue weighted by atomic mass is 19.1. The molecule has 0 aliphatic heterocycles. The lowest BCUT2D eigenvalue weighted by Gasteiger charge is -2.25. The van der Waals surface area contributed by atoms with Crippen molar-refractivity contribution >= 4 is 18.8 Å². The zero-order valence-electron chi connectivity index (χ0n) is 11.2. The fourth-order valence-corrected chi connectivity index (χ4v) is 1.63. The molecule has 102 valence electrons. The van der Waals surface area contributed by atoms with E-state index in [1.165, 1.54) is 17.3 Å². The number of hydrazone groups is 1. The van der Waals surface area contributed by atoms with E-state index in [1.807, 2.05) is 13.8 Å². The molecule has 0 saturated heterocycles. The van der Waals surface area contributed by atoms with E-state index < -0.39 is 0 Å². The van der Waals surface area contributed by atoms with E-state index in [1.54, 1.807) is 18.2 Å². The third-order valence-corrected chi connectivity index (χ3v) is 3.21. The summed E-state index contributed by atoms with van der Waals surface area (Å²) in [7, 11) is 0. The number of hydrogen-bond acceptors (Lipinski definition) is 3. The summed E-state index contributed by atoms with van der Waals surface area (Å²) in [6.07, 6.45) is 1.30. The van der Waals surface area contributed by atoms with Crippen LogP contribution in [0, 0.1) is 28.5 Å². The average molecular weight is 262 g/mol. The second-order valence-corrected chi connectivity index (χ2v) is 4.49.